The highest BCUT2D eigenvalue weighted by Gasteiger charge is 2.21. The third kappa shape index (κ3) is 1.80. The number of carbonyl (C=O) groups excluding carboxylic acids is 1. The van der Waals surface area contributed by atoms with E-state index >= 15 is 0 Å². The van der Waals surface area contributed by atoms with Gasteiger partial charge in [0.15, 0.2) is 0 Å². The largest absolute Gasteiger partial charge is 0.281 e. The fourth-order valence-corrected chi connectivity index (χ4v) is 2.98. The molecule has 0 aliphatic carbocycles. The van der Waals surface area contributed by atoms with E-state index in [1.807, 2.05) is 23.6 Å². The van der Waals surface area contributed by atoms with Crippen molar-refractivity contribution in [1.82, 2.24) is 0 Å². The molecular formula is C9H5BrOS2. The van der Waals surface area contributed by atoms with Gasteiger partial charge in [-0.3, -0.25) is 4.79 Å². The van der Waals surface area contributed by atoms with Crippen LogP contribution in [0, 0.1) is 0 Å². The van der Waals surface area contributed by atoms with E-state index in [4.69, 9.17) is 0 Å². The summed E-state index contributed by atoms with van der Waals surface area (Å²) >= 11 is 6.07. The first-order chi connectivity index (χ1) is 6.31. The van der Waals surface area contributed by atoms with Crippen molar-refractivity contribution in [3.63, 3.8) is 0 Å². The molecular weight excluding hydrogens is 268 g/mol. The number of allylic oxidation sites excluding steroid dienone is 1. The van der Waals surface area contributed by atoms with E-state index in [9.17, 15) is 4.79 Å². The van der Waals surface area contributed by atoms with Crippen molar-refractivity contribution in [2.24, 2.45) is 0 Å². The lowest BCUT2D eigenvalue weighted by molar-refractivity contribution is -0.106. The molecule has 0 fully saturated rings. The van der Waals surface area contributed by atoms with E-state index in [0.29, 0.717) is 0 Å². The monoisotopic (exact) mass is 272 g/mol. The highest BCUT2D eigenvalue weighted by Crippen LogP contribution is 2.38. The first kappa shape index (κ1) is 9.24. The third-order valence-electron chi connectivity index (χ3n) is 1.61. The fourth-order valence-electron chi connectivity index (χ4n) is 1.05. The number of carbonyl (C=O) groups is 1. The number of hydrogen-bond donors (Lipinski definition) is 0. The lowest BCUT2D eigenvalue weighted by Crippen LogP contribution is -1.86. The Kier molecular flexibility index (Phi) is 2.71. The zero-order chi connectivity index (χ0) is 9.26. The van der Waals surface area contributed by atoms with Gasteiger partial charge in [0.1, 0.15) is 0 Å². The molecule has 0 saturated carbocycles. The van der Waals surface area contributed by atoms with Gasteiger partial charge in [0.25, 0.3) is 0 Å². The van der Waals surface area contributed by atoms with Crippen LogP contribution in [0.1, 0.15) is 4.88 Å². The first-order valence-electron chi connectivity index (χ1n) is 3.59. The summed E-state index contributed by atoms with van der Waals surface area (Å²) < 4.78 is 0. The predicted octanol–water partition coefficient (Wildman–Crippen LogP) is 3.64. The van der Waals surface area contributed by atoms with Crippen LogP contribution in [0.3, 0.4) is 0 Å². The molecule has 1 aliphatic heterocycles. The molecule has 0 aromatic carbocycles. The van der Waals surface area contributed by atoms with E-state index in [1.54, 1.807) is 16.3 Å². The Balaban J connectivity index is 2.40. The van der Waals surface area contributed by atoms with Crippen molar-refractivity contribution in [3.05, 3.63) is 38.4 Å². The van der Waals surface area contributed by atoms with E-state index in [0.717, 1.165) is 15.4 Å². The van der Waals surface area contributed by atoms with E-state index in [-0.39, 0.29) is 5.12 Å². The summed E-state index contributed by atoms with van der Waals surface area (Å²) in [6.45, 7) is 0. The highest BCUT2D eigenvalue weighted by molar-refractivity contribution is 9.11. The zero-order valence-corrected chi connectivity index (χ0v) is 9.71. The van der Waals surface area contributed by atoms with Crippen LogP contribution in [0.4, 0.5) is 0 Å². The normalized spacial score (nSPS) is 19.6. The number of halogens is 1. The quantitative estimate of drug-likeness (QED) is 0.777. The SMILES string of the molecule is O=C1S/C(=C\Br)C=C1c1cccs1. The van der Waals surface area contributed by atoms with Gasteiger partial charge in [-0.1, -0.05) is 22.0 Å². The second-order valence-electron chi connectivity index (χ2n) is 2.44. The van der Waals surface area contributed by atoms with Crippen LogP contribution in [-0.4, -0.2) is 5.12 Å². The van der Waals surface area contributed by atoms with Crippen LogP contribution in [0.15, 0.2) is 33.5 Å². The van der Waals surface area contributed by atoms with Gasteiger partial charge in [-0.25, -0.2) is 0 Å². The molecule has 0 atom stereocenters. The Morgan fingerprint density at radius 1 is 1.46 bits per heavy atom. The average Bonchev–Trinajstić information content (AvgIpc) is 2.72. The summed E-state index contributed by atoms with van der Waals surface area (Å²) in [7, 11) is 0. The van der Waals surface area contributed by atoms with Gasteiger partial charge in [0.05, 0.1) is 0 Å². The molecule has 1 aromatic rings. The summed E-state index contributed by atoms with van der Waals surface area (Å²) in [5.74, 6) is 0. The maximum Gasteiger partial charge on any atom is 0.225 e. The first-order valence-corrected chi connectivity index (χ1v) is 6.20. The van der Waals surface area contributed by atoms with Gasteiger partial charge >= 0.3 is 0 Å². The minimum atomic E-state index is 0.133. The minimum Gasteiger partial charge on any atom is -0.281 e. The van der Waals surface area contributed by atoms with Crippen LogP contribution in [0.25, 0.3) is 5.57 Å². The molecule has 4 heteroatoms. The summed E-state index contributed by atoms with van der Waals surface area (Å²) in [5, 5.41) is 2.11. The van der Waals surface area contributed by atoms with Gasteiger partial charge < -0.3 is 0 Å². The van der Waals surface area contributed by atoms with Crippen LogP contribution < -0.4 is 0 Å². The number of hydrogen-bond acceptors (Lipinski definition) is 3. The molecule has 2 rings (SSSR count). The van der Waals surface area contributed by atoms with Gasteiger partial charge in [-0.05, 0) is 34.3 Å². The summed E-state index contributed by atoms with van der Waals surface area (Å²) in [6.07, 6.45) is 1.91. The lowest BCUT2D eigenvalue weighted by atomic mass is 10.2. The van der Waals surface area contributed by atoms with Crippen molar-refractivity contribution in [2.75, 3.05) is 0 Å². The summed E-state index contributed by atoms with van der Waals surface area (Å²) in [6, 6.07) is 3.92. The molecule has 0 bridgehead atoms. The molecule has 0 unspecified atom stereocenters. The van der Waals surface area contributed by atoms with E-state index < -0.39 is 0 Å². The molecule has 1 nitrogen and oxygen atoms in total. The maximum atomic E-state index is 11.5. The second-order valence-corrected chi connectivity index (χ2v) is 4.89. The standard InChI is InChI=1S/C9H5BrOS2/c10-5-6-4-7(9(11)13-6)8-2-1-3-12-8/h1-5H/b6-5-. The lowest BCUT2D eigenvalue weighted by Gasteiger charge is -1.91. The van der Waals surface area contributed by atoms with Crippen molar-refractivity contribution in [2.45, 2.75) is 0 Å². The molecule has 0 saturated heterocycles. The Bertz CT molecular complexity index is 390. The molecule has 0 amide bonds. The van der Waals surface area contributed by atoms with Crippen molar-refractivity contribution in [3.8, 4) is 0 Å². The van der Waals surface area contributed by atoms with Gasteiger partial charge in [0.2, 0.25) is 5.12 Å². The van der Waals surface area contributed by atoms with Gasteiger partial charge in [0, 0.05) is 15.4 Å². The van der Waals surface area contributed by atoms with Crippen LogP contribution in [0.2, 0.25) is 0 Å². The Hall–Kier alpha value is -0.320. The predicted molar refractivity (Wildman–Crippen MR) is 61.9 cm³/mol. The molecule has 13 heavy (non-hydrogen) atoms. The molecule has 0 spiro atoms. The topological polar surface area (TPSA) is 17.1 Å². The van der Waals surface area contributed by atoms with Gasteiger partial charge in [-0.15, -0.1) is 11.3 Å². The van der Waals surface area contributed by atoms with E-state index in [2.05, 4.69) is 15.9 Å². The van der Waals surface area contributed by atoms with E-state index in [1.165, 1.54) is 11.8 Å². The molecule has 1 aromatic heterocycles. The molecule has 1 aliphatic rings. The zero-order valence-electron chi connectivity index (χ0n) is 6.49. The second kappa shape index (κ2) is 3.82. The van der Waals surface area contributed by atoms with Crippen LogP contribution in [-0.2, 0) is 4.79 Å². The Morgan fingerprint density at radius 2 is 2.31 bits per heavy atom. The molecule has 66 valence electrons. The van der Waals surface area contributed by atoms with Crippen molar-refractivity contribution < 1.29 is 4.79 Å². The van der Waals surface area contributed by atoms with Crippen molar-refractivity contribution >= 4 is 49.7 Å². The number of rotatable bonds is 1. The smallest absolute Gasteiger partial charge is 0.225 e. The van der Waals surface area contributed by atoms with Crippen LogP contribution in [0.5, 0.6) is 0 Å². The summed E-state index contributed by atoms with van der Waals surface area (Å²) in [5.41, 5.74) is 0.811. The third-order valence-corrected chi connectivity index (χ3v) is 4.19. The fraction of sp³-hybridized carbons (Fsp3) is 0. The molecule has 0 radical (unpaired) electrons. The summed E-state index contributed by atoms with van der Waals surface area (Å²) in [4.78, 5) is 15.3. The van der Waals surface area contributed by atoms with Crippen LogP contribution >= 0.6 is 39.0 Å². The molecule has 0 N–H and O–H groups in total. The number of thiophene rings is 1. The number of thioether (sulfide) groups is 1. The van der Waals surface area contributed by atoms with Crippen molar-refractivity contribution in [1.29, 1.82) is 0 Å². The maximum absolute atomic E-state index is 11.5. The Labute approximate surface area is 92.7 Å². The minimum absolute atomic E-state index is 0.133. The Morgan fingerprint density at radius 3 is 2.85 bits per heavy atom. The van der Waals surface area contributed by atoms with Gasteiger partial charge in [-0.2, -0.15) is 0 Å². The highest BCUT2D eigenvalue weighted by atomic mass is 79.9. The molecule has 2 heterocycles. The average molecular weight is 273 g/mol.